The van der Waals surface area contributed by atoms with Gasteiger partial charge in [-0.05, 0) is 50.0 Å². The van der Waals surface area contributed by atoms with E-state index < -0.39 is 17.8 Å². The van der Waals surface area contributed by atoms with Crippen LogP contribution in [-0.4, -0.2) is 151 Å². The fourth-order valence-electron chi connectivity index (χ4n) is 7.33. The molecule has 0 spiro atoms. The summed E-state index contributed by atoms with van der Waals surface area (Å²) in [5, 5.41) is 5.63. The minimum Gasteiger partial charge on any atom is -0.456 e. The van der Waals surface area contributed by atoms with Crippen molar-refractivity contribution in [2.75, 3.05) is 118 Å². The number of amides is 3. The Labute approximate surface area is 338 Å². The van der Waals surface area contributed by atoms with Crippen molar-refractivity contribution < 1.29 is 42.6 Å². The molecule has 7 rings (SSSR count). The minimum atomic E-state index is -0.709. The standard InChI is InChI=1S/C43H52N6O9/c1-45-15-19-47(20-16-45)33-7-9-35-37(29-33)57-38-30-34(48-21-17-46(2)18-22-48)8-10-36(38)42(35)31-3-5-32(6-4-31)43(53)44-14-24-55-26-28-56-27-25-54-23-13-41(52)58-49-39(50)11-12-40(49)51/h3-10,29-30H,11-28H2,1-2H3/p+1. The normalized spacial score (nSPS) is 16.8. The zero-order valence-corrected chi connectivity index (χ0v) is 33.4. The number of piperazine rings is 2. The van der Waals surface area contributed by atoms with Crippen LogP contribution in [0.15, 0.2) is 65.1 Å². The topological polar surface area (TPSA) is 146 Å². The Morgan fingerprint density at radius 1 is 0.741 bits per heavy atom. The third-order valence-electron chi connectivity index (χ3n) is 10.8. The highest BCUT2D eigenvalue weighted by Crippen LogP contribution is 2.41. The first kappa shape index (κ1) is 41.0. The molecular formula is C43H53N6O9+. The van der Waals surface area contributed by atoms with Gasteiger partial charge in [0.1, 0.15) is 11.3 Å². The average molecular weight is 798 g/mol. The number of ether oxygens (including phenoxy) is 3. The van der Waals surface area contributed by atoms with Gasteiger partial charge in [0.2, 0.25) is 5.36 Å². The number of anilines is 1. The summed E-state index contributed by atoms with van der Waals surface area (Å²) >= 11 is 0. The molecule has 58 heavy (non-hydrogen) atoms. The van der Waals surface area contributed by atoms with E-state index in [1.807, 2.05) is 24.3 Å². The highest BCUT2D eigenvalue weighted by molar-refractivity contribution is 6.03. The van der Waals surface area contributed by atoms with Crippen LogP contribution in [0.3, 0.4) is 0 Å². The van der Waals surface area contributed by atoms with Crippen LogP contribution in [0.4, 0.5) is 5.69 Å². The van der Waals surface area contributed by atoms with Gasteiger partial charge in [0, 0.05) is 85.5 Å². The molecule has 2 aromatic rings. The number of hydrogen-bond donors (Lipinski definition) is 1. The summed E-state index contributed by atoms with van der Waals surface area (Å²) in [4.78, 5) is 59.8. The first-order chi connectivity index (χ1) is 28.2. The molecule has 2 aromatic carbocycles. The lowest BCUT2D eigenvalue weighted by Gasteiger charge is -2.34. The molecule has 15 heteroatoms. The smallest absolute Gasteiger partial charge is 0.335 e. The Bertz CT molecular complexity index is 2100. The third kappa shape index (κ3) is 10.3. The predicted octanol–water partition coefficient (Wildman–Crippen LogP) is 2.45. The minimum absolute atomic E-state index is 0.0495. The van der Waals surface area contributed by atoms with Crippen molar-refractivity contribution in [2.45, 2.75) is 19.3 Å². The maximum atomic E-state index is 13.1. The second-order valence-corrected chi connectivity index (χ2v) is 14.9. The molecule has 0 radical (unpaired) electrons. The van der Waals surface area contributed by atoms with Crippen LogP contribution in [0, 0.1) is 0 Å². The number of hydroxylamine groups is 2. The largest absolute Gasteiger partial charge is 0.456 e. The molecule has 3 amide bonds. The van der Waals surface area contributed by atoms with E-state index in [0.717, 1.165) is 96.8 Å². The molecule has 0 unspecified atom stereocenters. The lowest BCUT2D eigenvalue weighted by Crippen LogP contribution is -2.46. The molecule has 4 heterocycles. The molecule has 4 aliphatic heterocycles. The first-order valence-corrected chi connectivity index (χ1v) is 20.1. The number of nitrogens with one attached hydrogen (secondary N) is 1. The summed E-state index contributed by atoms with van der Waals surface area (Å²) in [6, 6.07) is 20.8. The quantitative estimate of drug-likeness (QED) is 0.0770. The maximum absolute atomic E-state index is 13.1. The Kier molecular flexibility index (Phi) is 13.8. The average Bonchev–Trinajstić information content (AvgIpc) is 3.55. The molecule has 0 saturated carbocycles. The van der Waals surface area contributed by atoms with Gasteiger partial charge >= 0.3 is 5.97 Å². The summed E-state index contributed by atoms with van der Waals surface area (Å²) in [5.74, 6) is -1.09. The van der Waals surface area contributed by atoms with E-state index in [4.69, 9.17) is 23.5 Å². The summed E-state index contributed by atoms with van der Waals surface area (Å²) in [7, 11) is 4.33. The van der Waals surface area contributed by atoms with Crippen molar-refractivity contribution >= 4 is 40.3 Å². The van der Waals surface area contributed by atoms with Crippen molar-refractivity contribution in [1.29, 1.82) is 0 Å². The molecule has 15 nitrogen and oxygen atoms in total. The second-order valence-electron chi connectivity index (χ2n) is 14.9. The zero-order valence-electron chi connectivity index (χ0n) is 33.4. The van der Waals surface area contributed by atoms with Crippen LogP contribution in [-0.2, 0) is 33.4 Å². The lowest BCUT2D eigenvalue weighted by atomic mass is 9.93. The van der Waals surface area contributed by atoms with E-state index in [0.29, 0.717) is 43.6 Å². The van der Waals surface area contributed by atoms with E-state index in [2.05, 4.69) is 75.1 Å². The maximum Gasteiger partial charge on any atom is 0.335 e. The van der Waals surface area contributed by atoms with Crippen molar-refractivity contribution in [3.8, 4) is 22.5 Å². The molecular weight excluding hydrogens is 745 g/mol. The molecule has 308 valence electrons. The van der Waals surface area contributed by atoms with Crippen LogP contribution < -0.4 is 20.1 Å². The van der Waals surface area contributed by atoms with Crippen LogP contribution in [0.1, 0.15) is 29.6 Å². The summed E-state index contributed by atoms with van der Waals surface area (Å²) in [6.45, 7) is 9.94. The van der Waals surface area contributed by atoms with Gasteiger partial charge in [-0.25, -0.2) is 9.37 Å². The van der Waals surface area contributed by atoms with Crippen LogP contribution in [0.25, 0.3) is 33.4 Å². The molecule has 0 atom stereocenters. The van der Waals surface area contributed by atoms with Crippen molar-refractivity contribution in [1.82, 2.24) is 24.8 Å². The number of rotatable bonds is 16. The van der Waals surface area contributed by atoms with Crippen LogP contribution in [0.5, 0.6) is 0 Å². The monoisotopic (exact) mass is 797 g/mol. The van der Waals surface area contributed by atoms with Gasteiger partial charge in [0.15, 0.2) is 13.1 Å². The first-order valence-electron chi connectivity index (χ1n) is 20.1. The van der Waals surface area contributed by atoms with Gasteiger partial charge in [-0.1, -0.05) is 12.1 Å². The zero-order chi connectivity index (χ0) is 40.4. The Balaban J connectivity index is 0.903. The van der Waals surface area contributed by atoms with E-state index in [9.17, 15) is 19.2 Å². The van der Waals surface area contributed by atoms with Gasteiger partial charge in [-0.15, -0.1) is 5.06 Å². The summed E-state index contributed by atoms with van der Waals surface area (Å²) < 4.78 is 25.6. The Morgan fingerprint density at radius 2 is 1.40 bits per heavy atom. The molecule has 3 fully saturated rings. The number of carbonyl (C=O) groups is 4. The molecule has 1 aliphatic carbocycles. The van der Waals surface area contributed by atoms with Gasteiger partial charge in [-0.2, -0.15) is 0 Å². The van der Waals surface area contributed by atoms with Crippen LogP contribution in [0.2, 0.25) is 0 Å². The van der Waals surface area contributed by atoms with Gasteiger partial charge < -0.3 is 38.6 Å². The van der Waals surface area contributed by atoms with Gasteiger partial charge in [0.25, 0.3) is 17.7 Å². The number of carbonyl (C=O) groups excluding carboxylic acids is 4. The third-order valence-corrected chi connectivity index (χ3v) is 10.8. The molecule has 1 N–H and O–H groups in total. The molecule has 5 aliphatic rings. The summed E-state index contributed by atoms with van der Waals surface area (Å²) in [6.07, 6.45) is 0.00634. The number of hydrogen-bond acceptors (Lipinski definition) is 12. The molecule has 0 bridgehead atoms. The lowest BCUT2D eigenvalue weighted by molar-refractivity contribution is -0.198. The fourth-order valence-corrected chi connectivity index (χ4v) is 7.33. The number of nitrogens with zero attached hydrogens (tertiary/aromatic N) is 5. The van der Waals surface area contributed by atoms with E-state index in [-0.39, 0.29) is 38.4 Å². The van der Waals surface area contributed by atoms with Gasteiger partial charge in [0.05, 0.1) is 65.2 Å². The Morgan fingerprint density at radius 3 is 2.10 bits per heavy atom. The summed E-state index contributed by atoms with van der Waals surface area (Å²) in [5.41, 5.74) is 5.66. The van der Waals surface area contributed by atoms with E-state index in [1.54, 1.807) is 0 Å². The van der Waals surface area contributed by atoms with Crippen LogP contribution >= 0.6 is 0 Å². The van der Waals surface area contributed by atoms with Crippen molar-refractivity contribution in [3.05, 3.63) is 71.6 Å². The number of imide groups is 1. The number of fused-ring (bicyclic) bond motifs is 2. The number of benzene rings is 3. The molecule has 3 saturated heterocycles. The Hall–Kier alpha value is -5.19. The van der Waals surface area contributed by atoms with Crippen molar-refractivity contribution in [2.24, 2.45) is 0 Å². The highest BCUT2D eigenvalue weighted by Gasteiger charge is 2.32. The molecule has 0 aromatic heterocycles. The predicted molar refractivity (Wildman–Crippen MR) is 217 cm³/mol. The van der Waals surface area contributed by atoms with Crippen molar-refractivity contribution in [3.63, 3.8) is 0 Å². The van der Waals surface area contributed by atoms with E-state index in [1.165, 1.54) is 0 Å². The highest BCUT2D eigenvalue weighted by atomic mass is 16.7. The number of likely N-dealkylation sites (N-methyl/N-ethyl adjacent to an activating group) is 2. The SMILES string of the molecule is CN1CCN(c2ccc3c(-c4ccc(C(=O)NCCOCCOCCOCCC(=O)ON5C(=O)CCC5=O)cc4)c4ccc(=[N+]5CCN(C)CC5)cc-4oc3c2)CC1. The van der Waals surface area contributed by atoms with Gasteiger partial charge in [-0.3, -0.25) is 19.3 Å². The second kappa shape index (κ2) is 19.5. The van der Waals surface area contributed by atoms with E-state index >= 15 is 0 Å². The fraction of sp³-hybridized carbons (Fsp3) is 0.465.